The number of hydrogen-bond acceptors (Lipinski definition) is 4. The van der Waals surface area contributed by atoms with E-state index in [0.717, 1.165) is 11.3 Å². The van der Waals surface area contributed by atoms with E-state index in [1.807, 2.05) is 25.1 Å². The molecule has 0 radical (unpaired) electrons. The van der Waals surface area contributed by atoms with E-state index < -0.39 is 0 Å². The van der Waals surface area contributed by atoms with Gasteiger partial charge in [-0.2, -0.15) is 5.10 Å². The molecule has 0 bridgehead atoms. The van der Waals surface area contributed by atoms with Crippen LogP contribution in [0.1, 0.15) is 26.3 Å². The van der Waals surface area contributed by atoms with Crippen molar-refractivity contribution >= 4 is 23.5 Å². The number of nitrogens with two attached hydrogens (primary N) is 1. The fraction of sp³-hybridized carbons (Fsp3) is 0.429. The van der Waals surface area contributed by atoms with Gasteiger partial charge in [-0.05, 0) is 48.8 Å². The minimum Gasteiger partial charge on any atom is -0.490 e. The van der Waals surface area contributed by atoms with E-state index in [9.17, 15) is 0 Å². The molecule has 0 atom stereocenters. The topological polar surface area (TPSA) is 68.9 Å². The Kier molecular flexibility index (Phi) is 6.79. The zero-order valence-electron chi connectivity index (χ0n) is 12.1. The van der Waals surface area contributed by atoms with E-state index in [1.54, 1.807) is 6.21 Å². The molecule has 20 heavy (non-hydrogen) atoms. The van der Waals surface area contributed by atoms with E-state index in [-0.39, 0.29) is 5.11 Å². The van der Waals surface area contributed by atoms with Crippen molar-refractivity contribution in [3.05, 3.63) is 23.8 Å². The molecular weight excluding hydrogens is 274 g/mol. The van der Waals surface area contributed by atoms with Gasteiger partial charge in [0.15, 0.2) is 16.6 Å². The molecule has 0 aliphatic rings. The number of hydrazone groups is 1. The van der Waals surface area contributed by atoms with Crippen molar-refractivity contribution in [1.29, 1.82) is 0 Å². The highest BCUT2D eigenvalue weighted by atomic mass is 32.1. The maximum Gasteiger partial charge on any atom is 0.184 e. The average Bonchev–Trinajstić information content (AvgIpc) is 2.37. The smallest absolute Gasteiger partial charge is 0.184 e. The van der Waals surface area contributed by atoms with Crippen LogP contribution >= 0.6 is 12.2 Å². The quantitative estimate of drug-likeness (QED) is 0.459. The van der Waals surface area contributed by atoms with E-state index in [0.29, 0.717) is 24.9 Å². The normalized spacial score (nSPS) is 10.8. The molecule has 110 valence electrons. The van der Waals surface area contributed by atoms with Crippen LogP contribution in [-0.2, 0) is 0 Å². The standard InChI is InChI=1S/C14H21N3O2S/c1-4-18-13-7-11(8-16-17-14(15)20)5-6-12(13)19-9-10(2)3/h5-8,10H,4,9H2,1-3H3,(H3,15,17,20). The first-order chi connectivity index (χ1) is 9.52. The van der Waals surface area contributed by atoms with Crippen molar-refractivity contribution in [3.63, 3.8) is 0 Å². The molecule has 0 aliphatic carbocycles. The molecule has 1 aromatic carbocycles. The van der Waals surface area contributed by atoms with Crippen LogP contribution in [0.25, 0.3) is 0 Å². The summed E-state index contributed by atoms with van der Waals surface area (Å²) >= 11 is 4.67. The Bertz CT molecular complexity index is 475. The molecule has 0 fully saturated rings. The molecule has 0 heterocycles. The molecule has 0 aliphatic heterocycles. The van der Waals surface area contributed by atoms with Crippen LogP contribution in [0.5, 0.6) is 11.5 Å². The second-order valence-corrected chi connectivity index (χ2v) is 5.02. The first-order valence-corrected chi connectivity index (χ1v) is 6.92. The van der Waals surface area contributed by atoms with Crippen molar-refractivity contribution < 1.29 is 9.47 Å². The molecule has 0 saturated carbocycles. The van der Waals surface area contributed by atoms with E-state index in [4.69, 9.17) is 15.2 Å². The molecule has 0 amide bonds. The fourth-order valence-corrected chi connectivity index (χ4v) is 1.47. The predicted molar refractivity (Wildman–Crippen MR) is 85.5 cm³/mol. The summed E-state index contributed by atoms with van der Waals surface area (Å²) in [5.41, 5.74) is 8.66. The highest BCUT2D eigenvalue weighted by Gasteiger charge is 2.06. The highest BCUT2D eigenvalue weighted by molar-refractivity contribution is 7.80. The van der Waals surface area contributed by atoms with Crippen molar-refractivity contribution in [1.82, 2.24) is 5.43 Å². The number of nitrogens with zero attached hydrogens (tertiary/aromatic N) is 1. The Hall–Kier alpha value is -1.82. The van der Waals surface area contributed by atoms with Crippen LogP contribution in [0, 0.1) is 5.92 Å². The van der Waals surface area contributed by atoms with Gasteiger partial charge in [0.2, 0.25) is 0 Å². The lowest BCUT2D eigenvalue weighted by atomic mass is 10.2. The van der Waals surface area contributed by atoms with Gasteiger partial charge >= 0.3 is 0 Å². The van der Waals surface area contributed by atoms with Crippen LogP contribution in [0.15, 0.2) is 23.3 Å². The van der Waals surface area contributed by atoms with Gasteiger partial charge in [0.1, 0.15) is 0 Å². The van der Waals surface area contributed by atoms with Crippen molar-refractivity contribution in [2.75, 3.05) is 13.2 Å². The molecule has 1 rings (SSSR count). The maximum atomic E-state index is 5.72. The molecule has 1 aromatic rings. The molecule has 0 unspecified atom stereocenters. The number of nitrogens with one attached hydrogen (secondary N) is 1. The number of hydrogen-bond donors (Lipinski definition) is 2. The van der Waals surface area contributed by atoms with E-state index in [1.165, 1.54) is 0 Å². The summed E-state index contributed by atoms with van der Waals surface area (Å²) in [7, 11) is 0. The Morgan fingerprint density at radius 3 is 2.75 bits per heavy atom. The third-order valence-electron chi connectivity index (χ3n) is 2.23. The van der Waals surface area contributed by atoms with Crippen molar-refractivity contribution in [3.8, 4) is 11.5 Å². The Morgan fingerprint density at radius 2 is 2.15 bits per heavy atom. The molecule has 0 aromatic heterocycles. The van der Waals surface area contributed by atoms with Gasteiger partial charge in [-0.1, -0.05) is 13.8 Å². The third-order valence-corrected chi connectivity index (χ3v) is 2.32. The lowest BCUT2D eigenvalue weighted by Gasteiger charge is -2.13. The Morgan fingerprint density at radius 1 is 1.40 bits per heavy atom. The summed E-state index contributed by atoms with van der Waals surface area (Å²) < 4.78 is 11.3. The lowest BCUT2D eigenvalue weighted by Crippen LogP contribution is -2.23. The Labute approximate surface area is 125 Å². The largest absolute Gasteiger partial charge is 0.490 e. The van der Waals surface area contributed by atoms with Gasteiger partial charge in [-0.25, -0.2) is 0 Å². The molecule has 0 saturated heterocycles. The van der Waals surface area contributed by atoms with E-state index in [2.05, 4.69) is 36.6 Å². The molecular formula is C14H21N3O2S. The number of thiocarbonyl (C=S) groups is 1. The zero-order valence-corrected chi connectivity index (χ0v) is 12.9. The van der Waals surface area contributed by atoms with Crippen LogP contribution in [0.3, 0.4) is 0 Å². The van der Waals surface area contributed by atoms with Crippen LogP contribution in [0.4, 0.5) is 0 Å². The summed E-state index contributed by atoms with van der Waals surface area (Å²) in [5.74, 6) is 1.90. The summed E-state index contributed by atoms with van der Waals surface area (Å²) in [4.78, 5) is 0. The first kappa shape index (κ1) is 16.2. The third kappa shape index (κ3) is 5.88. The summed E-state index contributed by atoms with van der Waals surface area (Å²) in [6.07, 6.45) is 1.62. The van der Waals surface area contributed by atoms with Gasteiger partial charge in [-0.15, -0.1) is 0 Å². The number of benzene rings is 1. The molecule has 5 nitrogen and oxygen atoms in total. The lowest BCUT2D eigenvalue weighted by molar-refractivity contribution is 0.248. The van der Waals surface area contributed by atoms with Crippen LogP contribution < -0.4 is 20.6 Å². The second kappa shape index (κ2) is 8.37. The molecule has 6 heteroatoms. The first-order valence-electron chi connectivity index (χ1n) is 6.51. The van der Waals surface area contributed by atoms with Gasteiger partial charge in [-0.3, -0.25) is 5.43 Å². The number of ether oxygens (including phenoxy) is 2. The monoisotopic (exact) mass is 295 g/mol. The van der Waals surface area contributed by atoms with Crippen molar-refractivity contribution in [2.24, 2.45) is 16.8 Å². The Balaban J connectivity index is 2.82. The van der Waals surface area contributed by atoms with Crippen molar-refractivity contribution in [2.45, 2.75) is 20.8 Å². The van der Waals surface area contributed by atoms with Crippen LogP contribution in [0.2, 0.25) is 0 Å². The fourth-order valence-electron chi connectivity index (χ4n) is 1.42. The second-order valence-electron chi connectivity index (χ2n) is 4.58. The SMILES string of the molecule is CCOc1cc(C=NNC(N)=S)ccc1OCC(C)C. The average molecular weight is 295 g/mol. The maximum absolute atomic E-state index is 5.72. The van der Waals surface area contributed by atoms with E-state index >= 15 is 0 Å². The minimum atomic E-state index is 0.128. The highest BCUT2D eigenvalue weighted by Crippen LogP contribution is 2.28. The number of rotatable bonds is 7. The minimum absolute atomic E-state index is 0.128. The van der Waals surface area contributed by atoms with Gasteiger partial charge in [0.25, 0.3) is 0 Å². The molecule has 0 spiro atoms. The van der Waals surface area contributed by atoms with Crippen LogP contribution in [-0.4, -0.2) is 24.5 Å². The zero-order chi connectivity index (χ0) is 15.0. The predicted octanol–water partition coefficient (Wildman–Crippen LogP) is 2.29. The summed E-state index contributed by atoms with van der Waals surface area (Å²) in [6, 6.07) is 5.63. The van der Waals surface area contributed by atoms with Gasteiger partial charge < -0.3 is 15.2 Å². The van der Waals surface area contributed by atoms with Gasteiger partial charge in [0.05, 0.1) is 19.4 Å². The summed E-state index contributed by atoms with van der Waals surface area (Å²) in [6.45, 7) is 7.35. The van der Waals surface area contributed by atoms with Gasteiger partial charge in [0, 0.05) is 0 Å². The summed E-state index contributed by atoms with van der Waals surface area (Å²) in [5, 5.41) is 4.04. The molecule has 3 N–H and O–H groups in total.